The second-order valence-electron chi connectivity index (χ2n) is 1.78. The number of methoxy groups -OCH3 is 1. The average Bonchev–Trinajstić information content (AvgIpc) is 2.00. The highest BCUT2D eigenvalue weighted by molar-refractivity contribution is 5.73. The molecule has 0 N–H and O–H groups in total. The van der Waals surface area contributed by atoms with Crippen molar-refractivity contribution < 1.29 is 19.0 Å². The van der Waals surface area contributed by atoms with Crippen molar-refractivity contribution in [2.75, 3.05) is 20.3 Å². The molecule has 4 heteroatoms. The smallest absolute Gasteiger partial charge is 0.363 e. The van der Waals surface area contributed by atoms with Crippen molar-refractivity contribution in [1.29, 1.82) is 0 Å². The van der Waals surface area contributed by atoms with Gasteiger partial charge in [0.2, 0.25) is 0 Å². The minimum atomic E-state index is -0.875. The molecule has 11 heavy (non-hydrogen) atoms. The van der Waals surface area contributed by atoms with E-state index in [0.717, 1.165) is 0 Å². The molecule has 0 bridgehead atoms. The van der Waals surface area contributed by atoms with Crippen molar-refractivity contribution in [3.63, 3.8) is 0 Å². The third-order valence-corrected chi connectivity index (χ3v) is 1.01. The van der Waals surface area contributed by atoms with E-state index in [1.54, 1.807) is 13.8 Å². The first-order valence-corrected chi connectivity index (χ1v) is 3.57. The molecule has 0 spiro atoms. The summed E-state index contributed by atoms with van der Waals surface area (Å²) in [5, 5.41) is 0. The fourth-order valence-corrected chi connectivity index (χ4v) is 0.594. The fraction of sp³-hybridized carbons (Fsp3) is 0.857. The molecule has 0 aromatic heterocycles. The molecule has 0 aromatic carbocycles. The van der Waals surface area contributed by atoms with E-state index < -0.39 is 12.3 Å². The molecule has 0 fully saturated rings. The van der Waals surface area contributed by atoms with Crippen molar-refractivity contribution in [1.82, 2.24) is 0 Å². The van der Waals surface area contributed by atoms with Crippen LogP contribution >= 0.6 is 0 Å². The highest BCUT2D eigenvalue weighted by Crippen LogP contribution is 1.95. The first kappa shape index (κ1) is 10.4. The first-order valence-electron chi connectivity index (χ1n) is 3.57. The van der Waals surface area contributed by atoms with E-state index in [9.17, 15) is 4.79 Å². The summed E-state index contributed by atoms with van der Waals surface area (Å²) in [5.41, 5.74) is 0. The van der Waals surface area contributed by atoms with Gasteiger partial charge in [-0.25, -0.2) is 4.79 Å². The molecule has 0 aliphatic carbocycles. The number of hydrogen-bond donors (Lipinski definition) is 0. The van der Waals surface area contributed by atoms with E-state index >= 15 is 0 Å². The van der Waals surface area contributed by atoms with Crippen LogP contribution in [0.15, 0.2) is 0 Å². The molecule has 0 radical (unpaired) electrons. The number of carbonyl (C=O) groups is 1. The van der Waals surface area contributed by atoms with Gasteiger partial charge in [-0.2, -0.15) is 0 Å². The van der Waals surface area contributed by atoms with Crippen molar-refractivity contribution >= 4 is 5.97 Å². The Morgan fingerprint density at radius 1 is 1.36 bits per heavy atom. The first-order chi connectivity index (χ1) is 5.26. The molecule has 0 saturated carbocycles. The molecule has 0 heterocycles. The van der Waals surface area contributed by atoms with E-state index in [1.165, 1.54) is 7.11 Å². The third-order valence-electron chi connectivity index (χ3n) is 1.01. The summed E-state index contributed by atoms with van der Waals surface area (Å²) in [6, 6.07) is 0. The number of esters is 1. The predicted octanol–water partition coefficient (Wildman–Crippen LogP) is 0.558. The maximum Gasteiger partial charge on any atom is 0.363 e. The summed E-state index contributed by atoms with van der Waals surface area (Å²) < 4.78 is 14.3. The lowest BCUT2D eigenvalue weighted by Crippen LogP contribution is -2.28. The number of hydrogen-bond acceptors (Lipinski definition) is 4. The maximum absolute atomic E-state index is 10.9. The lowest BCUT2D eigenvalue weighted by molar-refractivity contribution is -0.187. The monoisotopic (exact) mass is 162 g/mol. The van der Waals surface area contributed by atoms with Gasteiger partial charge in [-0.1, -0.05) is 0 Å². The molecular weight excluding hydrogens is 148 g/mol. The van der Waals surface area contributed by atoms with Gasteiger partial charge in [-0.15, -0.1) is 0 Å². The highest BCUT2D eigenvalue weighted by Gasteiger charge is 2.18. The Kier molecular flexibility index (Phi) is 5.78. The maximum atomic E-state index is 10.9. The predicted molar refractivity (Wildman–Crippen MR) is 39.1 cm³/mol. The van der Waals surface area contributed by atoms with Crippen LogP contribution in [-0.4, -0.2) is 32.6 Å². The molecule has 66 valence electrons. The van der Waals surface area contributed by atoms with Gasteiger partial charge in [-0.05, 0) is 13.8 Å². The van der Waals surface area contributed by atoms with Gasteiger partial charge in [0.1, 0.15) is 0 Å². The van der Waals surface area contributed by atoms with Crippen molar-refractivity contribution in [2.45, 2.75) is 20.1 Å². The summed E-state index contributed by atoms with van der Waals surface area (Å²) in [6.07, 6.45) is -0.875. The lowest BCUT2D eigenvalue weighted by atomic mass is 10.6. The van der Waals surface area contributed by atoms with E-state index in [0.29, 0.717) is 13.2 Å². The van der Waals surface area contributed by atoms with E-state index in [4.69, 9.17) is 9.47 Å². The van der Waals surface area contributed by atoms with E-state index in [1.807, 2.05) is 0 Å². The minimum Gasteiger partial charge on any atom is -0.462 e. The molecular formula is C7H14O4. The number of ether oxygens (including phenoxy) is 3. The topological polar surface area (TPSA) is 44.8 Å². The van der Waals surface area contributed by atoms with Crippen molar-refractivity contribution in [3.8, 4) is 0 Å². The highest BCUT2D eigenvalue weighted by atomic mass is 16.7. The number of carbonyl (C=O) groups excluding carboxylic acids is 1. The quantitative estimate of drug-likeness (QED) is 0.437. The average molecular weight is 162 g/mol. The molecule has 0 aromatic rings. The van der Waals surface area contributed by atoms with Gasteiger partial charge in [0.25, 0.3) is 6.29 Å². The van der Waals surface area contributed by atoms with Gasteiger partial charge < -0.3 is 14.2 Å². The summed E-state index contributed by atoms with van der Waals surface area (Å²) in [4.78, 5) is 10.9. The van der Waals surface area contributed by atoms with Gasteiger partial charge >= 0.3 is 5.97 Å². The molecule has 0 saturated heterocycles. The van der Waals surface area contributed by atoms with Gasteiger partial charge in [0.15, 0.2) is 0 Å². The lowest BCUT2D eigenvalue weighted by Gasteiger charge is -2.12. The van der Waals surface area contributed by atoms with Gasteiger partial charge in [-0.3, -0.25) is 0 Å². The Labute approximate surface area is 66.4 Å². The van der Waals surface area contributed by atoms with Crippen LogP contribution in [0.1, 0.15) is 13.8 Å². The SMILES string of the molecule is CCOC(=O)C(OC)OCC. The van der Waals surface area contributed by atoms with Crippen molar-refractivity contribution in [3.05, 3.63) is 0 Å². The summed E-state index contributed by atoms with van der Waals surface area (Å²) in [5.74, 6) is -0.475. The molecule has 1 unspecified atom stereocenters. The molecule has 0 amide bonds. The van der Waals surface area contributed by atoms with Gasteiger partial charge in [0, 0.05) is 13.7 Å². The zero-order chi connectivity index (χ0) is 8.69. The normalized spacial score (nSPS) is 12.6. The van der Waals surface area contributed by atoms with Gasteiger partial charge in [0.05, 0.1) is 6.61 Å². The van der Waals surface area contributed by atoms with Crippen LogP contribution in [0.25, 0.3) is 0 Å². The minimum absolute atomic E-state index is 0.339. The van der Waals surface area contributed by atoms with Crippen LogP contribution in [0.2, 0.25) is 0 Å². The largest absolute Gasteiger partial charge is 0.462 e. The van der Waals surface area contributed by atoms with E-state index in [2.05, 4.69) is 4.74 Å². The molecule has 0 aliphatic rings. The number of rotatable bonds is 5. The second kappa shape index (κ2) is 6.12. The standard InChI is InChI=1S/C7H14O4/c1-4-10-6(8)7(9-3)11-5-2/h7H,4-5H2,1-3H3. The van der Waals surface area contributed by atoms with E-state index in [-0.39, 0.29) is 0 Å². The molecule has 1 atom stereocenters. The Balaban J connectivity index is 3.71. The molecule has 0 rings (SSSR count). The van der Waals surface area contributed by atoms with Crippen LogP contribution in [0.4, 0.5) is 0 Å². The Bertz CT molecular complexity index is 113. The second-order valence-corrected chi connectivity index (χ2v) is 1.78. The summed E-state index contributed by atoms with van der Waals surface area (Å²) in [7, 11) is 1.40. The molecule has 0 aliphatic heterocycles. The Hall–Kier alpha value is -0.610. The summed E-state index contributed by atoms with van der Waals surface area (Å²) in [6.45, 7) is 4.28. The zero-order valence-electron chi connectivity index (χ0n) is 7.12. The van der Waals surface area contributed by atoms with Crippen LogP contribution in [0.3, 0.4) is 0 Å². The van der Waals surface area contributed by atoms with Crippen LogP contribution < -0.4 is 0 Å². The van der Waals surface area contributed by atoms with Crippen LogP contribution in [0.5, 0.6) is 0 Å². The van der Waals surface area contributed by atoms with Crippen LogP contribution in [0, 0.1) is 0 Å². The molecule has 4 nitrogen and oxygen atoms in total. The fourth-order valence-electron chi connectivity index (χ4n) is 0.594. The summed E-state index contributed by atoms with van der Waals surface area (Å²) >= 11 is 0. The third kappa shape index (κ3) is 3.95. The Morgan fingerprint density at radius 3 is 2.36 bits per heavy atom. The Morgan fingerprint density at radius 2 is 2.00 bits per heavy atom. The van der Waals surface area contributed by atoms with Crippen LogP contribution in [-0.2, 0) is 19.0 Å². The zero-order valence-corrected chi connectivity index (χ0v) is 7.12. The van der Waals surface area contributed by atoms with Crippen molar-refractivity contribution in [2.24, 2.45) is 0 Å².